The minimum Gasteiger partial charge on any atom is -0.464 e. The topological polar surface area (TPSA) is 59.5 Å². The predicted molar refractivity (Wildman–Crippen MR) is 63.1 cm³/mol. The molecule has 0 spiro atoms. The van der Waals surface area contributed by atoms with Crippen molar-refractivity contribution in [3.05, 3.63) is 23.7 Å². The minimum absolute atomic E-state index is 0.0617. The van der Waals surface area contributed by atoms with E-state index < -0.39 is 0 Å². The van der Waals surface area contributed by atoms with Crippen molar-refractivity contribution in [3.63, 3.8) is 0 Å². The first-order valence-corrected chi connectivity index (χ1v) is 6.26. The van der Waals surface area contributed by atoms with Crippen LogP contribution in [-0.4, -0.2) is 22.9 Å². The van der Waals surface area contributed by atoms with E-state index in [9.17, 15) is 4.79 Å². The lowest BCUT2D eigenvalue weighted by Crippen LogP contribution is -2.35. The zero-order chi connectivity index (χ0) is 12.0. The number of hydrogen-bond donors (Lipinski definition) is 1. The Morgan fingerprint density at radius 2 is 2.24 bits per heavy atom. The van der Waals surface area contributed by atoms with Crippen molar-refractivity contribution in [1.82, 2.24) is 4.90 Å². The van der Waals surface area contributed by atoms with Gasteiger partial charge in [0.25, 0.3) is 0 Å². The summed E-state index contributed by atoms with van der Waals surface area (Å²) in [6, 6.07) is 4.39. The standard InChI is InChI=1S/C13H18N2O2/c1-8-2-5-10(17-8)7-15(9-3-4-9)13(16)11-6-12(11)14/h2,5,9,11-12H,3-4,6-7,14H2,1H3. The molecule has 0 saturated heterocycles. The monoisotopic (exact) mass is 234 g/mol. The van der Waals surface area contributed by atoms with Crippen molar-refractivity contribution in [2.45, 2.75) is 44.8 Å². The lowest BCUT2D eigenvalue weighted by Gasteiger charge is -2.21. The Morgan fingerprint density at radius 1 is 1.53 bits per heavy atom. The molecule has 2 atom stereocenters. The van der Waals surface area contributed by atoms with Crippen molar-refractivity contribution >= 4 is 5.91 Å². The molecule has 4 nitrogen and oxygen atoms in total. The van der Waals surface area contributed by atoms with Crippen molar-refractivity contribution in [3.8, 4) is 0 Å². The molecule has 17 heavy (non-hydrogen) atoms. The largest absolute Gasteiger partial charge is 0.464 e. The number of amides is 1. The molecule has 2 N–H and O–H groups in total. The van der Waals surface area contributed by atoms with Gasteiger partial charge in [0, 0.05) is 12.1 Å². The zero-order valence-corrected chi connectivity index (χ0v) is 10.1. The van der Waals surface area contributed by atoms with Crippen LogP contribution < -0.4 is 5.73 Å². The summed E-state index contributed by atoms with van der Waals surface area (Å²) in [5.74, 6) is 2.05. The maximum Gasteiger partial charge on any atom is 0.227 e. The molecule has 2 aliphatic carbocycles. The van der Waals surface area contributed by atoms with E-state index in [1.807, 2.05) is 24.0 Å². The second kappa shape index (κ2) is 3.88. The molecule has 0 radical (unpaired) electrons. The SMILES string of the molecule is Cc1ccc(CN(C(=O)C2CC2N)C2CC2)o1. The van der Waals surface area contributed by atoms with Gasteiger partial charge in [-0.1, -0.05) is 0 Å². The Kier molecular flexibility index (Phi) is 2.47. The van der Waals surface area contributed by atoms with E-state index >= 15 is 0 Å². The summed E-state index contributed by atoms with van der Waals surface area (Å²) in [6.45, 7) is 2.52. The Labute approximate surface area is 101 Å². The summed E-state index contributed by atoms with van der Waals surface area (Å²) < 4.78 is 5.54. The number of aryl methyl sites for hydroxylation is 1. The van der Waals surface area contributed by atoms with Crippen LogP contribution in [0, 0.1) is 12.8 Å². The number of nitrogens with zero attached hydrogens (tertiary/aromatic N) is 1. The quantitative estimate of drug-likeness (QED) is 0.857. The third kappa shape index (κ3) is 2.22. The zero-order valence-electron chi connectivity index (χ0n) is 10.1. The van der Waals surface area contributed by atoms with Crippen LogP contribution in [0.1, 0.15) is 30.8 Å². The first-order valence-electron chi connectivity index (χ1n) is 6.26. The number of carbonyl (C=O) groups excluding carboxylic acids is 1. The van der Waals surface area contributed by atoms with Gasteiger partial charge in [0.2, 0.25) is 5.91 Å². The lowest BCUT2D eigenvalue weighted by atomic mass is 10.3. The van der Waals surface area contributed by atoms with E-state index in [0.29, 0.717) is 12.6 Å². The van der Waals surface area contributed by atoms with Gasteiger partial charge in [-0.05, 0) is 38.3 Å². The van der Waals surface area contributed by atoms with Gasteiger partial charge in [-0.3, -0.25) is 4.79 Å². The molecule has 2 aliphatic rings. The molecule has 1 heterocycles. The third-order valence-electron chi connectivity index (χ3n) is 3.55. The molecule has 92 valence electrons. The normalized spacial score (nSPS) is 26.9. The van der Waals surface area contributed by atoms with Crippen LogP contribution >= 0.6 is 0 Å². The summed E-state index contributed by atoms with van der Waals surface area (Å²) >= 11 is 0. The van der Waals surface area contributed by atoms with E-state index in [1.165, 1.54) is 0 Å². The van der Waals surface area contributed by atoms with Gasteiger partial charge in [-0.25, -0.2) is 0 Å². The molecule has 0 aromatic carbocycles. The predicted octanol–water partition coefficient (Wildman–Crippen LogP) is 1.43. The molecule has 2 saturated carbocycles. The van der Waals surface area contributed by atoms with E-state index in [-0.39, 0.29) is 17.9 Å². The first kappa shape index (κ1) is 10.8. The van der Waals surface area contributed by atoms with Crippen molar-refractivity contribution in [1.29, 1.82) is 0 Å². The van der Waals surface area contributed by atoms with Gasteiger partial charge in [-0.15, -0.1) is 0 Å². The average Bonchev–Trinajstić information content (AvgIpc) is 3.18. The van der Waals surface area contributed by atoms with Gasteiger partial charge < -0.3 is 15.1 Å². The maximum atomic E-state index is 12.2. The van der Waals surface area contributed by atoms with E-state index in [0.717, 1.165) is 30.8 Å². The molecule has 4 heteroatoms. The fourth-order valence-electron chi connectivity index (χ4n) is 2.22. The van der Waals surface area contributed by atoms with E-state index in [2.05, 4.69) is 0 Å². The van der Waals surface area contributed by atoms with Crippen LogP contribution in [0.4, 0.5) is 0 Å². The summed E-state index contributed by atoms with van der Waals surface area (Å²) in [5, 5.41) is 0. The highest BCUT2D eigenvalue weighted by atomic mass is 16.3. The van der Waals surface area contributed by atoms with Crippen molar-refractivity contribution in [2.75, 3.05) is 0 Å². The van der Waals surface area contributed by atoms with Crippen LogP contribution in [0.25, 0.3) is 0 Å². The summed E-state index contributed by atoms with van der Waals surface area (Å²) in [4.78, 5) is 14.2. The van der Waals surface area contributed by atoms with E-state index in [1.54, 1.807) is 0 Å². The highest BCUT2D eigenvalue weighted by Gasteiger charge is 2.45. The number of furan rings is 1. The van der Waals surface area contributed by atoms with Gasteiger partial charge in [0.1, 0.15) is 11.5 Å². The van der Waals surface area contributed by atoms with Crippen molar-refractivity contribution < 1.29 is 9.21 Å². The van der Waals surface area contributed by atoms with Gasteiger partial charge in [0.05, 0.1) is 12.5 Å². The molecule has 2 fully saturated rings. The van der Waals surface area contributed by atoms with Crippen LogP contribution in [0.5, 0.6) is 0 Å². The smallest absolute Gasteiger partial charge is 0.227 e. The van der Waals surface area contributed by atoms with Gasteiger partial charge >= 0.3 is 0 Å². The molecule has 0 aliphatic heterocycles. The Hall–Kier alpha value is -1.29. The summed E-state index contributed by atoms with van der Waals surface area (Å²) in [7, 11) is 0. The second-order valence-corrected chi connectivity index (χ2v) is 5.22. The fraction of sp³-hybridized carbons (Fsp3) is 0.615. The molecule has 0 bridgehead atoms. The number of rotatable bonds is 4. The molecule has 1 aromatic heterocycles. The van der Waals surface area contributed by atoms with E-state index in [4.69, 9.17) is 10.2 Å². The summed E-state index contributed by atoms with van der Waals surface area (Å²) in [5.41, 5.74) is 5.75. The number of nitrogens with two attached hydrogens (primary N) is 1. The molecule has 1 amide bonds. The van der Waals surface area contributed by atoms with Gasteiger partial charge in [0.15, 0.2) is 0 Å². The number of hydrogen-bond acceptors (Lipinski definition) is 3. The van der Waals surface area contributed by atoms with Crippen molar-refractivity contribution in [2.24, 2.45) is 11.7 Å². The van der Waals surface area contributed by atoms with Crippen LogP contribution in [-0.2, 0) is 11.3 Å². The molecule has 3 rings (SSSR count). The lowest BCUT2D eigenvalue weighted by molar-refractivity contribution is -0.134. The first-order chi connectivity index (χ1) is 8.15. The highest BCUT2D eigenvalue weighted by Crippen LogP contribution is 2.36. The third-order valence-corrected chi connectivity index (χ3v) is 3.55. The van der Waals surface area contributed by atoms with Crippen LogP contribution in [0.2, 0.25) is 0 Å². The second-order valence-electron chi connectivity index (χ2n) is 5.22. The number of carbonyl (C=O) groups is 1. The minimum atomic E-state index is 0.0617. The molecule has 1 aromatic rings. The maximum absolute atomic E-state index is 12.2. The average molecular weight is 234 g/mol. The molecule has 2 unspecified atom stereocenters. The molecular weight excluding hydrogens is 216 g/mol. The highest BCUT2D eigenvalue weighted by molar-refractivity contribution is 5.83. The Bertz CT molecular complexity index is 436. The fourth-order valence-corrected chi connectivity index (χ4v) is 2.22. The molecular formula is C13H18N2O2. The Morgan fingerprint density at radius 3 is 2.71 bits per heavy atom. The Balaban J connectivity index is 1.70. The van der Waals surface area contributed by atoms with Crippen LogP contribution in [0.15, 0.2) is 16.5 Å². The summed E-state index contributed by atoms with van der Waals surface area (Å²) in [6.07, 6.45) is 3.08. The van der Waals surface area contributed by atoms with Crippen LogP contribution in [0.3, 0.4) is 0 Å². The van der Waals surface area contributed by atoms with Gasteiger partial charge in [-0.2, -0.15) is 0 Å².